The Labute approximate surface area is 170 Å². The summed E-state index contributed by atoms with van der Waals surface area (Å²) in [6.07, 6.45) is 1.62. The Kier molecular flexibility index (Phi) is 5.01. The second-order valence-corrected chi connectivity index (χ2v) is 7.36. The van der Waals surface area contributed by atoms with Crippen molar-refractivity contribution in [1.29, 1.82) is 0 Å². The van der Waals surface area contributed by atoms with Crippen LogP contribution in [0.15, 0.2) is 75.0 Å². The van der Waals surface area contributed by atoms with Crippen LogP contribution >= 0.6 is 11.8 Å². The van der Waals surface area contributed by atoms with Crippen molar-refractivity contribution in [2.45, 2.75) is 6.92 Å². The predicted octanol–water partition coefficient (Wildman–Crippen LogP) is 5.05. The van der Waals surface area contributed by atoms with Crippen LogP contribution in [-0.4, -0.2) is 16.0 Å². The fourth-order valence-electron chi connectivity index (χ4n) is 2.70. The highest BCUT2D eigenvalue weighted by atomic mass is 32.2. The number of nitro benzene ring substituents is 1. The van der Waals surface area contributed by atoms with Crippen molar-refractivity contribution in [2.75, 3.05) is 0 Å². The number of carbonyl (C=O) groups excluding carboxylic acids is 1. The molecule has 4 rings (SSSR count). The number of nitro groups is 1. The third kappa shape index (κ3) is 4.27. The lowest BCUT2D eigenvalue weighted by atomic mass is 10.1. The van der Waals surface area contributed by atoms with Gasteiger partial charge in [-0.3, -0.25) is 14.9 Å². The Morgan fingerprint density at radius 3 is 2.69 bits per heavy atom. The molecule has 1 amide bonds. The Bertz CT molecular complexity index is 1160. The van der Waals surface area contributed by atoms with Crippen molar-refractivity contribution in [3.05, 3.63) is 87.0 Å². The van der Waals surface area contributed by atoms with Crippen LogP contribution < -0.4 is 5.32 Å². The van der Waals surface area contributed by atoms with Crippen molar-refractivity contribution in [3.63, 3.8) is 0 Å². The maximum Gasteiger partial charge on any atom is 0.270 e. The van der Waals surface area contributed by atoms with Crippen molar-refractivity contribution in [3.8, 4) is 11.3 Å². The molecule has 8 heteroatoms. The van der Waals surface area contributed by atoms with Gasteiger partial charge in [-0.1, -0.05) is 29.8 Å². The number of non-ortho nitro benzene ring substituents is 1. The SMILES string of the molecule is Cc1ccc(N=C2NC(=O)/C(=C/c3ccc(-c4cccc([N+](=O)[O-])c4)o3)S2)cc1. The topological polar surface area (TPSA) is 97.7 Å². The highest BCUT2D eigenvalue weighted by molar-refractivity contribution is 8.18. The summed E-state index contributed by atoms with van der Waals surface area (Å²) in [5, 5.41) is 14.2. The monoisotopic (exact) mass is 405 g/mol. The molecule has 1 saturated heterocycles. The second kappa shape index (κ2) is 7.76. The van der Waals surface area contributed by atoms with Gasteiger partial charge < -0.3 is 9.73 Å². The van der Waals surface area contributed by atoms with Gasteiger partial charge in [0.25, 0.3) is 11.6 Å². The van der Waals surface area contributed by atoms with Gasteiger partial charge in [-0.25, -0.2) is 4.99 Å². The molecule has 1 aromatic heterocycles. The van der Waals surface area contributed by atoms with Crippen LogP contribution in [0.25, 0.3) is 17.4 Å². The van der Waals surface area contributed by atoms with E-state index >= 15 is 0 Å². The van der Waals surface area contributed by atoms with Crippen LogP contribution in [-0.2, 0) is 4.79 Å². The molecule has 1 fully saturated rings. The van der Waals surface area contributed by atoms with Crippen LogP contribution in [0.2, 0.25) is 0 Å². The number of amides is 1. The Morgan fingerprint density at radius 2 is 1.93 bits per heavy atom. The second-order valence-electron chi connectivity index (χ2n) is 6.33. The number of aryl methyl sites for hydroxylation is 1. The lowest BCUT2D eigenvalue weighted by Gasteiger charge is -1.97. The standard InChI is InChI=1S/C21H15N3O4S/c1-13-5-7-15(8-6-13)22-21-23-20(25)19(29-21)12-17-9-10-18(28-17)14-3-2-4-16(11-14)24(26)27/h2-12H,1H3,(H,22,23,25)/b19-12-. The zero-order valence-electron chi connectivity index (χ0n) is 15.3. The number of nitrogens with zero attached hydrogens (tertiary/aromatic N) is 2. The first-order chi connectivity index (χ1) is 14.0. The molecule has 1 aliphatic rings. The van der Waals surface area contributed by atoms with E-state index in [0.29, 0.717) is 27.2 Å². The summed E-state index contributed by atoms with van der Waals surface area (Å²) in [5.41, 5.74) is 2.47. The maximum atomic E-state index is 12.2. The molecule has 2 aromatic carbocycles. The first kappa shape index (κ1) is 18.7. The van der Waals surface area contributed by atoms with Crippen LogP contribution in [0.5, 0.6) is 0 Å². The molecule has 0 spiro atoms. The molecule has 1 N–H and O–H groups in total. The van der Waals surface area contributed by atoms with Gasteiger partial charge >= 0.3 is 0 Å². The molecule has 0 aliphatic carbocycles. The summed E-state index contributed by atoms with van der Waals surface area (Å²) in [6.45, 7) is 2.00. The summed E-state index contributed by atoms with van der Waals surface area (Å²) in [6, 6.07) is 17.3. The van der Waals surface area contributed by atoms with Crippen molar-refractivity contribution >= 4 is 40.3 Å². The predicted molar refractivity (Wildman–Crippen MR) is 113 cm³/mol. The van der Waals surface area contributed by atoms with E-state index in [1.165, 1.54) is 23.9 Å². The first-order valence-corrected chi connectivity index (χ1v) is 9.50. The maximum absolute atomic E-state index is 12.2. The number of amidine groups is 1. The highest BCUT2D eigenvalue weighted by Crippen LogP contribution is 2.31. The van der Waals surface area contributed by atoms with Gasteiger partial charge in [0, 0.05) is 23.8 Å². The first-order valence-electron chi connectivity index (χ1n) is 8.69. The van der Waals surface area contributed by atoms with Crippen molar-refractivity contribution < 1.29 is 14.1 Å². The molecule has 144 valence electrons. The number of benzene rings is 2. The zero-order valence-corrected chi connectivity index (χ0v) is 16.1. The van der Waals surface area contributed by atoms with Gasteiger partial charge in [0.2, 0.25) is 0 Å². The minimum absolute atomic E-state index is 0.0125. The molecule has 0 atom stereocenters. The quantitative estimate of drug-likeness (QED) is 0.372. The normalized spacial score (nSPS) is 16.4. The van der Waals surface area contributed by atoms with Gasteiger partial charge in [0.1, 0.15) is 11.5 Å². The smallest absolute Gasteiger partial charge is 0.270 e. The molecule has 7 nitrogen and oxygen atoms in total. The lowest BCUT2D eigenvalue weighted by molar-refractivity contribution is -0.384. The summed E-state index contributed by atoms with van der Waals surface area (Å²) >= 11 is 1.23. The summed E-state index contributed by atoms with van der Waals surface area (Å²) in [5.74, 6) is 0.701. The van der Waals surface area contributed by atoms with E-state index in [-0.39, 0.29) is 11.6 Å². The Balaban J connectivity index is 1.54. The lowest BCUT2D eigenvalue weighted by Crippen LogP contribution is -2.19. The number of thioether (sulfide) groups is 1. The van der Waals surface area contributed by atoms with Crippen molar-refractivity contribution in [2.24, 2.45) is 4.99 Å². The van der Waals surface area contributed by atoms with Gasteiger partial charge in [-0.15, -0.1) is 0 Å². The van der Waals surface area contributed by atoms with E-state index < -0.39 is 4.92 Å². The van der Waals surface area contributed by atoms with E-state index in [2.05, 4.69) is 10.3 Å². The average molecular weight is 405 g/mol. The van der Waals surface area contributed by atoms with E-state index in [1.54, 1.807) is 30.3 Å². The van der Waals surface area contributed by atoms with E-state index in [0.717, 1.165) is 11.3 Å². The number of hydrogen-bond acceptors (Lipinski definition) is 6. The molecular formula is C21H15N3O4S. The Hall–Kier alpha value is -3.65. The number of rotatable bonds is 4. The molecule has 2 heterocycles. The largest absolute Gasteiger partial charge is 0.457 e. The minimum Gasteiger partial charge on any atom is -0.457 e. The number of furan rings is 1. The molecule has 0 saturated carbocycles. The number of aliphatic imine (C=N–C) groups is 1. The van der Waals surface area contributed by atoms with Gasteiger partial charge in [0.15, 0.2) is 5.17 Å². The van der Waals surface area contributed by atoms with Crippen LogP contribution in [0.4, 0.5) is 11.4 Å². The molecule has 0 bridgehead atoms. The summed E-state index contributed by atoms with van der Waals surface area (Å²) in [4.78, 5) is 27.6. The highest BCUT2D eigenvalue weighted by Gasteiger charge is 2.24. The van der Waals surface area contributed by atoms with E-state index in [4.69, 9.17) is 4.42 Å². The van der Waals surface area contributed by atoms with E-state index in [1.807, 2.05) is 31.2 Å². The van der Waals surface area contributed by atoms with Crippen LogP contribution in [0, 0.1) is 17.0 Å². The number of hydrogen-bond donors (Lipinski definition) is 1. The van der Waals surface area contributed by atoms with Gasteiger partial charge in [-0.2, -0.15) is 0 Å². The van der Waals surface area contributed by atoms with Crippen LogP contribution in [0.1, 0.15) is 11.3 Å². The molecule has 1 aliphatic heterocycles. The number of nitrogens with one attached hydrogen (secondary N) is 1. The number of carbonyl (C=O) groups is 1. The van der Waals surface area contributed by atoms with Gasteiger partial charge in [0.05, 0.1) is 15.5 Å². The fraction of sp³-hybridized carbons (Fsp3) is 0.0476. The zero-order chi connectivity index (χ0) is 20.4. The molecule has 0 unspecified atom stereocenters. The average Bonchev–Trinajstić information content (AvgIpc) is 3.31. The molecule has 29 heavy (non-hydrogen) atoms. The third-order valence-electron chi connectivity index (χ3n) is 4.16. The summed E-state index contributed by atoms with van der Waals surface area (Å²) < 4.78 is 5.75. The minimum atomic E-state index is -0.455. The van der Waals surface area contributed by atoms with Crippen molar-refractivity contribution in [1.82, 2.24) is 5.32 Å². The fourth-order valence-corrected chi connectivity index (χ4v) is 3.53. The van der Waals surface area contributed by atoms with Gasteiger partial charge in [-0.05, 0) is 43.0 Å². The molecule has 0 radical (unpaired) electrons. The molecule has 3 aromatic rings. The van der Waals surface area contributed by atoms with Crippen LogP contribution in [0.3, 0.4) is 0 Å². The summed E-state index contributed by atoms with van der Waals surface area (Å²) in [7, 11) is 0. The molecular weight excluding hydrogens is 390 g/mol. The third-order valence-corrected chi connectivity index (χ3v) is 5.07. The van der Waals surface area contributed by atoms with E-state index in [9.17, 15) is 14.9 Å². The Morgan fingerprint density at radius 1 is 1.14 bits per heavy atom.